The fraction of sp³-hybridized carbons (Fsp3) is 0.867. The lowest BCUT2D eigenvalue weighted by Crippen LogP contribution is -2.36. The van der Waals surface area contributed by atoms with Gasteiger partial charge in [-0.25, -0.2) is 0 Å². The average Bonchev–Trinajstić information content (AvgIpc) is 2.41. The molecule has 1 fully saturated rings. The van der Waals surface area contributed by atoms with Crippen LogP contribution in [0.3, 0.4) is 0 Å². The first-order chi connectivity index (χ1) is 9.49. The molecule has 116 valence electrons. The van der Waals surface area contributed by atoms with Gasteiger partial charge in [-0.15, -0.1) is 0 Å². The van der Waals surface area contributed by atoms with Gasteiger partial charge in [-0.2, -0.15) is 0 Å². The van der Waals surface area contributed by atoms with Gasteiger partial charge in [-0.05, 0) is 44.7 Å². The van der Waals surface area contributed by atoms with E-state index < -0.39 is 0 Å². The quantitative estimate of drug-likeness (QED) is 0.656. The molecule has 3 N–H and O–H groups in total. The van der Waals surface area contributed by atoms with Crippen molar-refractivity contribution in [1.82, 2.24) is 10.2 Å². The minimum atomic E-state index is -0.336. The van der Waals surface area contributed by atoms with Crippen LogP contribution in [-0.2, 0) is 9.59 Å². The molecule has 1 heterocycles. The minimum absolute atomic E-state index is 0.0186. The Morgan fingerprint density at radius 2 is 2.20 bits per heavy atom. The molecule has 1 aliphatic heterocycles. The van der Waals surface area contributed by atoms with E-state index in [4.69, 9.17) is 5.73 Å². The molecule has 0 aromatic rings. The van der Waals surface area contributed by atoms with Crippen LogP contribution in [-0.4, -0.2) is 42.9 Å². The Kier molecular flexibility index (Phi) is 7.59. The molecule has 2 amide bonds. The van der Waals surface area contributed by atoms with E-state index >= 15 is 0 Å². The third-order valence-corrected chi connectivity index (χ3v) is 4.00. The molecule has 1 aliphatic rings. The van der Waals surface area contributed by atoms with E-state index in [0.717, 1.165) is 18.9 Å². The molecule has 0 bridgehead atoms. The van der Waals surface area contributed by atoms with E-state index in [0.29, 0.717) is 19.4 Å². The summed E-state index contributed by atoms with van der Waals surface area (Å²) >= 11 is 0. The highest BCUT2D eigenvalue weighted by atomic mass is 16.2. The van der Waals surface area contributed by atoms with Gasteiger partial charge in [0.05, 0.1) is 0 Å². The monoisotopic (exact) mass is 283 g/mol. The van der Waals surface area contributed by atoms with E-state index in [2.05, 4.69) is 17.1 Å². The van der Waals surface area contributed by atoms with Crippen molar-refractivity contribution < 1.29 is 9.59 Å². The minimum Gasteiger partial charge on any atom is -0.369 e. The van der Waals surface area contributed by atoms with Crippen molar-refractivity contribution in [2.24, 2.45) is 17.6 Å². The van der Waals surface area contributed by atoms with Crippen molar-refractivity contribution in [2.45, 2.75) is 46.0 Å². The summed E-state index contributed by atoms with van der Waals surface area (Å²) < 4.78 is 0. The normalized spacial score (nSPS) is 21.4. The number of carbonyl (C=O) groups excluding carboxylic acids is 2. The Bertz CT molecular complexity index is 320. The number of carbonyl (C=O) groups is 2. The van der Waals surface area contributed by atoms with Gasteiger partial charge >= 0.3 is 0 Å². The van der Waals surface area contributed by atoms with Crippen LogP contribution in [0.25, 0.3) is 0 Å². The molecule has 20 heavy (non-hydrogen) atoms. The predicted molar refractivity (Wildman–Crippen MR) is 80.1 cm³/mol. The van der Waals surface area contributed by atoms with Crippen molar-refractivity contribution in [1.29, 1.82) is 0 Å². The van der Waals surface area contributed by atoms with Gasteiger partial charge < -0.3 is 16.0 Å². The SMILES string of the molecule is CC(CCC(=O)NCCCN1CCC[C@H](C)C1)C(N)=O. The number of nitrogens with two attached hydrogens (primary N) is 1. The number of piperidine rings is 1. The van der Waals surface area contributed by atoms with Crippen LogP contribution < -0.4 is 11.1 Å². The highest BCUT2D eigenvalue weighted by Crippen LogP contribution is 2.15. The standard InChI is InChI=1S/C15H29N3O2/c1-12-5-3-9-18(11-12)10-4-8-17-14(19)7-6-13(2)15(16)20/h12-13H,3-11H2,1-2H3,(H2,16,20)(H,17,19)/t12-,13?/m0/s1. The number of rotatable bonds is 8. The summed E-state index contributed by atoms with van der Waals surface area (Å²) in [6.45, 7) is 8.20. The number of primary amides is 1. The summed E-state index contributed by atoms with van der Waals surface area (Å²) in [7, 11) is 0. The third kappa shape index (κ3) is 6.89. The summed E-state index contributed by atoms with van der Waals surface area (Å²) in [4.78, 5) is 24.9. The molecule has 1 unspecified atom stereocenters. The number of hydrogen-bond donors (Lipinski definition) is 2. The first-order valence-corrected chi connectivity index (χ1v) is 7.77. The number of likely N-dealkylation sites (tertiary alicyclic amines) is 1. The zero-order valence-corrected chi connectivity index (χ0v) is 12.9. The van der Waals surface area contributed by atoms with E-state index in [9.17, 15) is 9.59 Å². The molecule has 5 heteroatoms. The Morgan fingerprint density at radius 1 is 1.45 bits per heavy atom. The lowest BCUT2D eigenvalue weighted by molar-refractivity contribution is -0.123. The number of nitrogens with one attached hydrogen (secondary N) is 1. The zero-order chi connectivity index (χ0) is 15.0. The maximum atomic E-state index is 11.6. The van der Waals surface area contributed by atoms with Crippen LogP contribution in [0.1, 0.15) is 46.0 Å². The second-order valence-corrected chi connectivity index (χ2v) is 6.09. The van der Waals surface area contributed by atoms with E-state index in [1.807, 2.05) is 0 Å². The summed E-state index contributed by atoms with van der Waals surface area (Å²) in [5.74, 6) is 0.256. The maximum absolute atomic E-state index is 11.6. The topological polar surface area (TPSA) is 75.4 Å². The largest absolute Gasteiger partial charge is 0.369 e. The highest BCUT2D eigenvalue weighted by Gasteiger charge is 2.15. The van der Waals surface area contributed by atoms with Gasteiger partial charge in [-0.1, -0.05) is 13.8 Å². The molecule has 0 radical (unpaired) electrons. The van der Waals surface area contributed by atoms with Gasteiger partial charge in [0, 0.05) is 25.4 Å². The van der Waals surface area contributed by atoms with Gasteiger partial charge in [0.1, 0.15) is 0 Å². The first kappa shape index (κ1) is 17.0. The molecular weight excluding hydrogens is 254 g/mol. The molecule has 0 aromatic carbocycles. The fourth-order valence-electron chi connectivity index (χ4n) is 2.60. The molecule has 1 saturated heterocycles. The highest BCUT2D eigenvalue weighted by molar-refractivity contribution is 5.79. The molecule has 5 nitrogen and oxygen atoms in total. The van der Waals surface area contributed by atoms with Gasteiger partial charge in [0.25, 0.3) is 0 Å². The van der Waals surface area contributed by atoms with E-state index in [-0.39, 0.29) is 17.7 Å². The Balaban J connectivity index is 2.03. The Hall–Kier alpha value is -1.10. The van der Waals surface area contributed by atoms with Crippen LogP contribution in [0.2, 0.25) is 0 Å². The molecule has 0 saturated carbocycles. The summed E-state index contributed by atoms with van der Waals surface area (Å²) in [5, 5.41) is 2.91. The average molecular weight is 283 g/mol. The molecule has 2 atom stereocenters. The predicted octanol–water partition coefficient (Wildman–Crippen LogP) is 1.13. The Morgan fingerprint density at radius 3 is 2.85 bits per heavy atom. The first-order valence-electron chi connectivity index (χ1n) is 7.77. The Labute approximate surface area is 122 Å². The second kappa shape index (κ2) is 8.95. The smallest absolute Gasteiger partial charge is 0.220 e. The summed E-state index contributed by atoms with van der Waals surface area (Å²) in [6, 6.07) is 0. The van der Waals surface area contributed by atoms with Crippen molar-refractivity contribution in [3.63, 3.8) is 0 Å². The van der Waals surface area contributed by atoms with Crippen molar-refractivity contribution in [3.8, 4) is 0 Å². The summed E-state index contributed by atoms with van der Waals surface area (Å²) in [5.41, 5.74) is 5.16. The van der Waals surface area contributed by atoms with Crippen LogP contribution in [0.5, 0.6) is 0 Å². The van der Waals surface area contributed by atoms with Gasteiger partial charge in [0.2, 0.25) is 11.8 Å². The lowest BCUT2D eigenvalue weighted by Gasteiger charge is -2.30. The maximum Gasteiger partial charge on any atom is 0.220 e. The van der Waals surface area contributed by atoms with E-state index in [1.165, 1.54) is 25.9 Å². The van der Waals surface area contributed by atoms with Gasteiger partial charge in [-0.3, -0.25) is 9.59 Å². The second-order valence-electron chi connectivity index (χ2n) is 6.09. The number of nitrogens with zero attached hydrogens (tertiary/aromatic N) is 1. The summed E-state index contributed by atoms with van der Waals surface area (Å²) in [6.07, 6.45) is 4.53. The zero-order valence-electron chi connectivity index (χ0n) is 12.9. The van der Waals surface area contributed by atoms with Crippen LogP contribution in [0.15, 0.2) is 0 Å². The van der Waals surface area contributed by atoms with Crippen molar-refractivity contribution in [2.75, 3.05) is 26.2 Å². The lowest BCUT2D eigenvalue weighted by atomic mass is 10.0. The number of amides is 2. The van der Waals surface area contributed by atoms with Gasteiger partial charge in [0.15, 0.2) is 0 Å². The fourth-order valence-corrected chi connectivity index (χ4v) is 2.60. The van der Waals surface area contributed by atoms with Crippen molar-refractivity contribution in [3.05, 3.63) is 0 Å². The molecule has 1 rings (SSSR count). The molecule has 0 aliphatic carbocycles. The van der Waals surface area contributed by atoms with Crippen LogP contribution in [0, 0.1) is 11.8 Å². The van der Waals surface area contributed by atoms with E-state index in [1.54, 1.807) is 6.92 Å². The van der Waals surface area contributed by atoms with Crippen molar-refractivity contribution >= 4 is 11.8 Å². The van der Waals surface area contributed by atoms with Crippen LogP contribution in [0.4, 0.5) is 0 Å². The van der Waals surface area contributed by atoms with Crippen LogP contribution >= 0.6 is 0 Å². The third-order valence-electron chi connectivity index (χ3n) is 4.00. The number of hydrogen-bond acceptors (Lipinski definition) is 3. The molecule has 0 aromatic heterocycles. The molecular formula is C15H29N3O2. The molecule has 0 spiro atoms.